The Bertz CT molecular complexity index is 491. The van der Waals surface area contributed by atoms with Crippen molar-refractivity contribution >= 4 is 17.4 Å². The van der Waals surface area contributed by atoms with Crippen molar-refractivity contribution in [3.8, 4) is 0 Å². The molecule has 114 valence electrons. The van der Waals surface area contributed by atoms with Crippen molar-refractivity contribution in [3.63, 3.8) is 0 Å². The fourth-order valence-corrected chi connectivity index (χ4v) is 2.60. The van der Waals surface area contributed by atoms with Crippen LogP contribution in [-0.4, -0.2) is 36.3 Å². The Hall–Kier alpha value is -1.91. The molecule has 2 rings (SSSR count). The molecule has 1 N–H and O–H groups in total. The molecule has 1 aliphatic heterocycles. The van der Waals surface area contributed by atoms with Crippen molar-refractivity contribution in [1.29, 1.82) is 0 Å². The van der Waals surface area contributed by atoms with Gasteiger partial charge in [-0.3, -0.25) is 14.6 Å². The predicted molar refractivity (Wildman–Crippen MR) is 82.5 cm³/mol. The van der Waals surface area contributed by atoms with Gasteiger partial charge in [-0.15, -0.1) is 0 Å². The third-order valence-electron chi connectivity index (χ3n) is 3.97. The second-order valence-electron chi connectivity index (χ2n) is 5.55. The number of hydrogen-bond donors (Lipinski definition) is 1. The average molecular weight is 289 g/mol. The van der Waals surface area contributed by atoms with E-state index in [2.05, 4.69) is 15.2 Å². The molecule has 1 aromatic rings. The van der Waals surface area contributed by atoms with Crippen molar-refractivity contribution in [3.05, 3.63) is 24.0 Å². The van der Waals surface area contributed by atoms with E-state index in [1.165, 1.54) is 0 Å². The van der Waals surface area contributed by atoms with Crippen LogP contribution in [0.4, 0.5) is 5.69 Å². The second kappa shape index (κ2) is 7.20. The Morgan fingerprint density at radius 2 is 2.05 bits per heavy atom. The van der Waals surface area contributed by atoms with Gasteiger partial charge in [-0.05, 0) is 30.9 Å². The number of hydrogen-bond acceptors (Lipinski definition) is 4. The minimum atomic E-state index is 0.0396. The molecule has 1 amide bonds. The van der Waals surface area contributed by atoms with Crippen molar-refractivity contribution in [2.45, 2.75) is 33.1 Å². The van der Waals surface area contributed by atoms with Crippen LogP contribution in [0.3, 0.4) is 0 Å². The first-order valence-corrected chi connectivity index (χ1v) is 7.58. The van der Waals surface area contributed by atoms with Gasteiger partial charge in [-0.2, -0.15) is 0 Å². The van der Waals surface area contributed by atoms with Crippen LogP contribution < -0.4 is 10.2 Å². The number of nitrogens with zero attached hydrogens (tertiary/aromatic N) is 2. The fourth-order valence-electron chi connectivity index (χ4n) is 2.60. The average Bonchev–Trinajstić information content (AvgIpc) is 2.53. The lowest BCUT2D eigenvalue weighted by atomic mass is 9.96. The van der Waals surface area contributed by atoms with Gasteiger partial charge < -0.3 is 10.2 Å². The van der Waals surface area contributed by atoms with E-state index in [0.717, 1.165) is 38.2 Å². The van der Waals surface area contributed by atoms with Crippen molar-refractivity contribution in [1.82, 2.24) is 10.3 Å². The molecule has 0 unspecified atom stereocenters. The number of rotatable bonds is 5. The standard InChI is InChI=1S/C16H23N3O2/c1-3-16(21)15-5-4-14(11-18-15)19-8-6-13(7-9-19)10-17-12(2)20/h4-5,11,13H,3,6-10H2,1-2H3,(H,17,20). The first-order valence-electron chi connectivity index (χ1n) is 7.58. The van der Waals surface area contributed by atoms with Crippen LogP contribution in [-0.2, 0) is 4.79 Å². The van der Waals surface area contributed by atoms with Gasteiger partial charge in [0.1, 0.15) is 5.69 Å². The quantitative estimate of drug-likeness (QED) is 0.842. The molecule has 5 nitrogen and oxygen atoms in total. The van der Waals surface area contributed by atoms with Crippen LogP contribution in [0.2, 0.25) is 0 Å². The summed E-state index contributed by atoms with van der Waals surface area (Å²) in [4.78, 5) is 29.0. The van der Waals surface area contributed by atoms with Gasteiger partial charge in [0.25, 0.3) is 0 Å². The van der Waals surface area contributed by atoms with Crippen LogP contribution in [0.15, 0.2) is 18.3 Å². The van der Waals surface area contributed by atoms with E-state index in [1.807, 2.05) is 19.1 Å². The minimum Gasteiger partial charge on any atom is -0.370 e. The van der Waals surface area contributed by atoms with Gasteiger partial charge in [0.2, 0.25) is 5.91 Å². The molecule has 1 fully saturated rings. The summed E-state index contributed by atoms with van der Waals surface area (Å²) in [6, 6.07) is 3.79. The summed E-state index contributed by atoms with van der Waals surface area (Å²) in [6.45, 7) is 6.10. The Balaban J connectivity index is 1.87. The molecule has 0 aliphatic carbocycles. The second-order valence-corrected chi connectivity index (χ2v) is 5.55. The Kier molecular flexibility index (Phi) is 5.31. The Morgan fingerprint density at radius 3 is 2.57 bits per heavy atom. The van der Waals surface area contributed by atoms with E-state index in [0.29, 0.717) is 18.0 Å². The van der Waals surface area contributed by atoms with Crippen LogP contribution >= 0.6 is 0 Å². The molecule has 0 saturated carbocycles. The van der Waals surface area contributed by atoms with Gasteiger partial charge in [-0.1, -0.05) is 6.92 Å². The maximum atomic E-state index is 11.6. The fraction of sp³-hybridized carbons (Fsp3) is 0.562. The summed E-state index contributed by atoms with van der Waals surface area (Å²) in [5.41, 5.74) is 1.61. The number of piperidine rings is 1. The molecule has 0 aromatic carbocycles. The Labute approximate surface area is 125 Å². The van der Waals surface area contributed by atoms with Gasteiger partial charge >= 0.3 is 0 Å². The summed E-state index contributed by atoms with van der Waals surface area (Å²) in [5, 5.41) is 2.89. The smallest absolute Gasteiger partial charge is 0.216 e. The first kappa shape index (κ1) is 15.5. The van der Waals surface area contributed by atoms with Crippen LogP contribution in [0.25, 0.3) is 0 Å². The van der Waals surface area contributed by atoms with Gasteiger partial charge in [0, 0.05) is 33.0 Å². The van der Waals surface area contributed by atoms with E-state index < -0.39 is 0 Å². The number of pyridine rings is 1. The highest BCUT2D eigenvalue weighted by atomic mass is 16.1. The van der Waals surface area contributed by atoms with Gasteiger partial charge in [0.15, 0.2) is 5.78 Å². The van der Waals surface area contributed by atoms with Crippen LogP contribution in [0, 0.1) is 5.92 Å². The third-order valence-corrected chi connectivity index (χ3v) is 3.97. The van der Waals surface area contributed by atoms with E-state index in [-0.39, 0.29) is 11.7 Å². The largest absolute Gasteiger partial charge is 0.370 e. The number of aromatic nitrogens is 1. The highest BCUT2D eigenvalue weighted by Gasteiger charge is 2.20. The number of amides is 1. The molecule has 0 atom stereocenters. The molecule has 5 heteroatoms. The van der Waals surface area contributed by atoms with Crippen molar-refractivity contribution in [2.24, 2.45) is 5.92 Å². The first-order chi connectivity index (χ1) is 10.1. The molecule has 0 bridgehead atoms. The zero-order valence-corrected chi connectivity index (χ0v) is 12.8. The highest BCUT2D eigenvalue weighted by molar-refractivity contribution is 5.94. The van der Waals surface area contributed by atoms with Crippen LogP contribution in [0.5, 0.6) is 0 Å². The highest BCUT2D eigenvalue weighted by Crippen LogP contribution is 2.22. The molecule has 1 aliphatic rings. The van der Waals surface area contributed by atoms with Crippen molar-refractivity contribution in [2.75, 3.05) is 24.5 Å². The summed E-state index contributed by atoms with van der Waals surface area (Å²) >= 11 is 0. The Morgan fingerprint density at radius 1 is 1.33 bits per heavy atom. The predicted octanol–water partition coefficient (Wildman–Crippen LogP) is 2.03. The third kappa shape index (κ3) is 4.28. The molecule has 1 saturated heterocycles. The summed E-state index contributed by atoms with van der Waals surface area (Å²) < 4.78 is 0. The lowest BCUT2D eigenvalue weighted by molar-refractivity contribution is -0.119. The normalized spacial score (nSPS) is 15.8. The van der Waals surface area contributed by atoms with Gasteiger partial charge in [-0.25, -0.2) is 0 Å². The monoisotopic (exact) mass is 289 g/mol. The molecular formula is C16H23N3O2. The number of anilines is 1. The zero-order chi connectivity index (χ0) is 15.2. The molecular weight excluding hydrogens is 266 g/mol. The topological polar surface area (TPSA) is 62.3 Å². The van der Waals surface area contributed by atoms with Gasteiger partial charge in [0.05, 0.1) is 11.9 Å². The van der Waals surface area contributed by atoms with E-state index in [1.54, 1.807) is 13.1 Å². The molecule has 0 radical (unpaired) electrons. The molecule has 21 heavy (non-hydrogen) atoms. The number of Topliss-reactive ketones (excluding diaryl/α,β-unsaturated/α-hetero) is 1. The number of nitrogens with one attached hydrogen (secondary N) is 1. The number of ketones is 1. The molecule has 2 heterocycles. The van der Waals surface area contributed by atoms with Crippen LogP contribution in [0.1, 0.15) is 43.6 Å². The summed E-state index contributed by atoms with van der Waals surface area (Å²) in [5.74, 6) is 0.674. The molecule has 0 spiro atoms. The van der Waals surface area contributed by atoms with E-state index >= 15 is 0 Å². The molecule has 1 aromatic heterocycles. The van der Waals surface area contributed by atoms with Crippen molar-refractivity contribution < 1.29 is 9.59 Å². The lowest BCUT2D eigenvalue weighted by Crippen LogP contribution is -2.38. The minimum absolute atomic E-state index is 0.0396. The summed E-state index contributed by atoms with van der Waals surface area (Å²) in [7, 11) is 0. The lowest BCUT2D eigenvalue weighted by Gasteiger charge is -2.33. The number of carbonyl (C=O) groups is 2. The SMILES string of the molecule is CCC(=O)c1ccc(N2CCC(CNC(C)=O)CC2)cn1. The number of carbonyl (C=O) groups excluding carboxylic acids is 2. The van der Waals surface area contributed by atoms with E-state index in [4.69, 9.17) is 0 Å². The zero-order valence-electron chi connectivity index (χ0n) is 12.8. The maximum absolute atomic E-state index is 11.6. The summed E-state index contributed by atoms with van der Waals surface area (Å²) in [6.07, 6.45) is 4.41. The van der Waals surface area contributed by atoms with E-state index in [9.17, 15) is 9.59 Å². The maximum Gasteiger partial charge on any atom is 0.216 e.